The van der Waals surface area contributed by atoms with Gasteiger partial charge in [-0.05, 0) is 48.7 Å². The van der Waals surface area contributed by atoms with Crippen LogP contribution in [0.15, 0.2) is 47.4 Å². The van der Waals surface area contributed by atoms with Crippen molar-refractivity contribution in [2.75, 3.05) is 0 Å². The second-order valence-corrected chi connectivity index (χ2v) is 9.84. The van der Waals surface area contributed by atoms with Crippen LogP contribution in [0.4, 0.5) is 0 Å². The number of hydrogen-bond donors (Lipinski definition) is 2. The molecule has 0 saturated heterocycles. The van der Waals surface area contributed by atoms with E-state index in [9.17, 15) is 18.1 Å². The molecule has 2 N–H and O–H groups in total. The number of rotatable bonds is 16. The number of phenols is 1. The third kappa shape index (κ3) is 9.61. The first-order valence-electron chi connectivity index (χ1n) is 12.0. The molecule has 0 atom stereocenters. The number of aromatic hydroxyl groups is 1. The van der Waals surface area contributed by atoms with Crippen LogP contribution in [0.1, 0.15) is 89.5 Å². The van der Waals surface area contributed by atoms with Gasteiger partial charge in [-0.15, -0.1) is 0 Å². The molecule has 0 bridgehead atoms. The fourth-order valence-corrected chi connectivity index (χ4v) is 4.50. The fraction of sp³-hybridized carbons (Fsp3) is 0.538. The van der Waals surface area contributed by atoms with Crippen LogP contribution in [0, 0.1) is 0 Å². The molecule has 0 fully saturated rings. The second-order valence-electron chi connectivity index (χ2n) is 8.45. The standard InChI is InChI=1S/C26H38O5S/c1-2-3-4-5-6-7-8-9-10-11-12-13-16-22-21-23(27)19-20-24(22)31-25-17-14-15-18-26(25)32(28,29)30/h14-15,17-21,27H,2-13,16H2,1H3,(H,28,29,30). The largest absolute Gasteiger partial charge is 0.508 e. The van der Waals surface area contributed by atoms with Gasteiger partial charge >= 0.3 is 0 Å². The predicted molar refractivity (Wildman–Crippen MR) is 129 cm³/mol. The van der Waals surface area contributed by atoms with Crippen molar-refractivity contribution in [2.45, 2.75) is 95.3 Å². The summed E-state index contributed by atoms with van der Waals surface area (Å²) in [7, 11) is -4.39. The SMILES string of the molecule is CCCCCCCCCCCCCCc1cc(O)ccc1Oc1ccccc1S(=O)(=O)O. The molecular formula is C26H38O5S. The zero-order valence-corrected chi connectivity index (χ0v) is 20.1. The van der Waals surface area contributed by atoms with Gasteiger partial charge in [0.15, 0.2) is 0 Å². The Labute approximate surface area is 193 Å². The summed E-state index contributed by atoms with van der Waals surface area (Å²) >= 11 is 0. The molecule has 0 spiro atoms. The van der Waals surface area contributed by atoms with E-state index in [1.165, 1.54) is 88.5 Å². The quantitative estimate of drug-likeness (QED) is 0.197. The lowest BCUT2D eigenvalue weighted by Gasteiger charge is -2.13. The predicted octanol–water partition coefficient (Wildman–Crippen LogP) is 7.67. The molecule has 2 aromatic rings. The van der Waals surface area contributed by atoms with E-state index in [4.69, 9.17) is 4.74 Å². The molecule has 5 nitrogen and oxygen atoms in total. The van der Waals surface area contributed by atoms with Gasteiger partial charge < -0.3 is 9.84 Å². The second kappa shape index (κ2) is 14.2. The Balaban J connectivity index is 1.78. The lowest BCUT2D eigenvalue weighted by Crippen LogP contribution is -2.01. The Morgan fingerprint density at radius 3 is 1.91 bits per heavy atom. The Morgan fingerprint density at radius 2 is 1.31 bits per heavy atom. The van der Waals surface area contributed by atoms with Crippen molar-refractivity contribution in [3.05, 3.63) is 48.0 Å². The zero-order chi connectivity index (χ0) is 23.2. The van der Waals surface area contributed by atoms with Gasteiger partial charge in [0.25, 0.3) is 10.1 Å². The Bertz CT molecular complexity index is 908. The van der Waals surface area contributed by atoms with Crippen LogP contribution in [0.5, 0.6) is 17.2 Å². The molecule has 2 rings (SSSR count). The van der Waals surface area contributed by atoms with Gasteiger partial charge in [0, 0.05) is 0 Å². The lowest BCUT2D eigenvalue weighted by atomic mass is 10.0. The van der Waals surface area contributed by atoms with Crippen molar-refractivity contribution in [1.29, 1.82) is 0 Å². The molecule has 0 aliphatic rings. The lowest BCUT2D eigenvalue weighted by molar-refractivity contribution is 0.440. The Hall–Kier alpha value is -2.05. The first-order valence-corrected chi connectivity index (χ1v) is 13.4. The van der Waals surface area contributed by atoms with Crippen LogP contribution in [-0.4, -0.2) is 18.1 Å². The average Bonchev–Trinajstić information content (AvgIpc) is 2.76. The normalized spacial score (nSPS) is 11.6. The van der Waals surface area contributed by atoms with Crippen LogP contribution in [0.2, 0.25) is 0 Å². The molecule has 0 aromatic heterocycles. The van der Waals surface area contributed by atoms with Gasteiger partial charge in [0.05, 0.1) is 0 Å². The number of para-hydroxylation sites is 1. The van der Waals surface area contributed by atoms with E-state index in [0.717, 1.165) is 24.8 Å². The minimum absolute atomic E-state index is 0.0663. The van der Waals surface area contributed by atoms with E-state index in [0.29, 0.717) is 5.75 Å². The number of unbranched alkanes of at least 4 members (excludes halogenated alkanes) is 11. The van der Waals surface area contributed by atoms with Gasteiger partial charge in [0.2, 0.25) is 0 Å². The summed E-state index contributed by atoms with van der Waals surface area (Å²) in [5.41, 5.74) is 0.822. The van der Waals surface area contributed by atoms with Crippen molar-refractivity contribution in [3.63, 3.8) is 0 Å². The molecule has 2 aromatic carbocycles. The average molecular weight is 463 g/mol. The topological polar surface area (TPSA) is 83.8 Å². The third-order valence-corrected chi connectivity index (χ3v) is 6.58. The zero-order valence-electron chi connectivity index (χ0n) is 19.3. The summed E-state index contributed by atoms with van der Waals surface area (Å²) in [6, 6.07) is 10.8. The van der Waals surface area contributed by atoms with Crippen LogP contribution >= 0.6 is 0 Å². The van der Waals surface area contributed by atoms with Crippen LogP contribution in [0.25, 0.3) is 0 Å². The smallest absolute Gasteiger partial charge is 0.298 e. The maximum Gasteiger partial charge on any atom is 0.298 e. The Morgan fingerprint density at radius 1 is 0.750 bits per heavy atom. The van der Waals surface area contributed by atoms with E-state index < -0.39 is 10.1 Å². The fourth-order valence-electron chi connectivity index (χ4n) is 3.88. The van der Waals surface area contributed by atoms with Crippen molar-refractivity contribution in [2.24, 2.45) is 0 Å². The van der Waals surface area contributed by atoms with Crippen molar-refractivity contribution in [3.8, 4) is 17.2 Å². The highest BCUT2D eigenvalue weighted by atomic mass is 32.2. The third-order valence-electron chi connectivity index (χ3n) is 5.69. The minimum atomic E-state index is -4.39. The molecule has 0 radical (unpaired) electrons. The summed E-state index contributed by atoms with van der Waals surface area (Å²) in [6.07, 6.45) is 16.0. The van der Waals surface area contributed by atoms with Gasteiger partial charge in [0.1, 0.15) is 22.1 Å². The number of hydrogen-bond acceptors (Lipinski definition) is 4. The molecule has 0 aliphatic heterocycles. The Kier molecular flexibility index (Phi) is 11.6. The maximum absolute atomic E-state index is 11.6. The number of benzene rings is 2. The maximum atomic E-state index is 11.6. The summed E-state index contributed by atoms with van der Waals surface area (Å²) < 4.78 is 38.5. The number of aryl methyl sites for hydroxylation is 1. The molecule has 0 unspecified atom stereocenters. The molecule has 178 valence electrons. The van der Waals surface area contributed by atoms with Gasteiger partial charge in [-0.2, -0.15) is 8.42 Å². The highest BCUT2D eigenvalue weighted by molar-refractivity contribution is 7.86. The molecule has 6 heteroatoms. The van der Waals surface area contributed by atoms with E-state index in [2.05, 4.69) is 6.92 Å². The first kappa shape index (κ1) is 26.2. The number of ether oxygens (including phenoxy) is 1. The van der Waals surface area contributed by atoms with Gasteiger partial charge in [-0.25, -0.2) is 0 Å². The van der Waals surface area contributed by atoms with Crippen molar-refractivity contribution < 1.29 is 22.8 Å². The van der Waals surface area contributed by atoms with Crippen molar-refractivity contribution in [1.82, 2.24) is 0 Å². The van der Waals surface area contributed by atoms with E-state index in [1.807, 2.05) is 0 Å². The summed E-state index contributed by atoms with van der Waals surface area (Å²) in [6.45, 7) is 2.25. The molecule has 0 aliphatic carbocycles. The summed E-state index contributed by atoms with van der Waals surface area (Å²) in [5, 5.41) is 9.89. The van der Waals surface area contributed by atoms with Crippen LogP contribution < -0.4 is 4.74 Å². The monoisotopic (exact) mass is 462 g/mol. The van der Waals surface area contributed by atoms with Crippen LogP contribution in [0.3, 0.4) is 0 Å². The van der Waals surface area contributed by atoms with Crippen molar-refractivity contribution >= 4 is 10.1 Å². The van der Waals surface area contributed by atoms with Gasteiger partial charge in [-0.3, -0.25) is 4.55 Å². The van der Waals surface area contributed by atoms with E-state index >= 15 is 0 Å². The minimum Gasteiger partial charge on any atom is -0.508 e. The molecule has 0 amide bonds. The summed E-state index contributed by atoms with van der Waals surface area (Å²) in [5.74, 6) is 0.702. The molecule has 0 heterocycles. The molecule has 32 heavy (non-hydrogen) atoms. The molecule has 0 saturated carbocycles. The first-order chi connectivity index (χ1) is 15.4. The number of phenolic OH excluding ortho intramolecular Hbond substituents is 1. The van der Waals surface area contributed by atoms with Crippen LogP contribution in [-0.2, 0) is 16.5 Å². The summed E-state index contributed by atoms with van der Waals surface area (Å²) in [4.78, 5) is -0.274. The highest BCUT2D eigenvalue weighted by Gasteiger charge is 2.17. The van der Waals surface area contributed by atoms with Gasteiger partial charge in [-0.1, -0.05) is 89.7 Å². The molecular weight excluding hydrogens is 424 g/mol. The highest BCUT2D eigenvalue weighted by Crippen LogP contribution is 2.33. The van der Waals surface area contributed by atoms with E-state index in [-0.39, 0.29) is 16.4 Å². The van der Waals surface area contributed by atoms with E-state index in [1.54, 1.807) is 18.2 Å².